The van der Waals surface area contributed by atoms with Crippen LogP contribution in [0.3, 0.4) is 0 Å². The van der Waals surface area contributed by atoms with Gasteiger partial charge in [0.1, 0.15) is 5.78 Å². The van der Waals surface area contributed by atoms with Crippen molar-refractivity contribution in [3.8, 4) is 6.07 Å². The van der Waals surface area contributed by atoms with Crippen LogP contribution in [0.4, 0.5) is 0 Å². The van der Waals surface area contributed by atoms with Gasteiger partial charge in [-0.1, -0.05) is 72.4 Å². The van der Waals surface area contributed by atoms with Gasteiger partial charge in [-0.3, -0.25) is 4.79 Å². The Hall–Kier alpha value is -1.62. The number of hydrogen-bond donors (Lipinski definition) is 0. The van der Waals surface area contributed by atoms with E-state index in [-0.39, 0.29) is 11.3 Å². The Morgan fingerprint density at radius 2 is 1.92 bits per heavy atom. The Kier molecular flexibility index (Phi) is 8.19. The van der Waals surface area contributed by atoms with Crippen molar-refractivity contribution in [1.29, 1.82) is 5.26 Å². The quantitative estimate of drug-likeness (QED) is 0.527. The lowest BCUT2D eigenvalue weighted by Crippen LogP contribution is -2.32. The molecule has 0 spiro atoms. The molecule has 0 aliphatic carbocycles. The lowest BCUT2D eigenvalue weighted by atomic mass is 9.74. The van der Waals surface area contributed by atoms with Gasteiger partial charge in [-0.15, -0.1) is 0 Å². The molecule has 1 aromatic rings. The molecule has 0 saturated heterocycles. The minimum atomic E-state index is -0.293. The van der Waals surface area contributed by atoms with Crippen molar-refractivity contribution < 1.29 is 4.79 Å². The van der Waals surface area contributed by atoms with E-state index in [0.29, 0.717) is 17.3 Å². The first kappa shape index (κ1) is 20.4. The van der Waals surface area contributed by atoms with Crippen LogP contribution < -0.4 is 0 Å². The molecule has 2 heteroatoms. The normalized spacial score (nSPS) is 14.0. The average Bonchev–Trinajstić information content (AvgIpc) is 2.54. The minimum absolute atomic E-state index is 0.104. The molecule has 0 aromatic heterocycles. The Bertz CT molecular complexity index is 562. The van der Waals surface area contributed by atoms with Crippen molar-refractivity contribution in [3.05, 3.63) is 35.4 Å². The molecule has 24 heavy (non-hydrogen) atoms. The summed E-state index contributed by atoms with van der Waals surface area (Å²) in [5.41, 5.74) is 1.56. The van der Waals surface area contributed by atoms with Crippen LogP contribution in [0.15, 0.2) is 24.3 Å². The number of carbonyl (C=O) groups is 1. The number of nitriles is 1. The highest BCUT2D eigenvalue weighted by atomic mass is 16.1. The van der Waals surface area contributed by atoms with Crippen molar-refractivity contribution in [3.63, 3.8) is 0 Å². The average molecular weight is 328 g/mol. The number of unbranched alkanes of at least 4 members (excludes halogenated alkanes) is 2. The van der Waals surface area contributed by atoms with E-state index in [2.05, 4.69) is 26.0 Å². The summed E-state index contributed by atoms with van der Waals surface area (Å²) in [5.74, 6) is 0.901. The number of Topliss-reactive ketones (excluding diaryl/α,β-unsaturated/α-hetero) is 1. The fraction of sp³-hybridized carbons (Fsp3) is 0.636. The van der Waals surface area contributed by atoms with Gasteiger partial charge in [0.25, 0.3) is 0 Å². The number of nitrogens with zero attached hydrogens (tertiary/aromatic N) is 1. The Morgan fingerprint density at radius 1 is 1.21 bits per heavy atom. The number of benzene rings is 1. The predicted molar refractivity (Wildman–Crippen MR) is 101 cm³/mol. The van der Waals surface area contributed by atoms with Gasteiger partial charge >= 0.3 is 0 Å². The van der Waals surface area contributed by atoms with Crippen LogP contribution in [0.2, 0.25) is 0 Å². The summed E-state index contributed by atoms with van der Waals surface area (Å²) >= 11 is 0. The molecule has 0 heterocycles. The van der Waals surface area contributed by atoms with E-state index in [0.717, 1.165) is 24.8 Å². The number of carbonyl (C=O) groups excluding carboxylic acids is 1. The maximum Gasteiger partial charge on any atom is 0.141 e. The molecule has 0 N–H and O–H groups in total. The molecule has 2 unspecified atom stereocenters. The summed E-state index contributed by atoms with van der Waals surface area (Å²) in [6.07, 6.45) is 6.52. The molecule has 2 atom stereocenters. The highest BCUT2D eigenvalue weighted by Gasteiger charge is 2.32. The zero-order valence-electron chi connectivity index (χ0n) is 16.1. The molecule has 0 fully saturated rings. The number of aryl methyl sites for hydroxylation is 1. The standard InChI is InChI=1S/C22H33NO/c1-6-7-8-10-17(2)20(21(24)22(3,4)5)14-13-18-11-9-12-19(15-18)16-23/h9,11-12,15,17,20H,6-8,10,13-14H2,1-5H3. The Balaban J connectivity index is 2.80. The highest BCUT2D eigenvalue weighted by Crippen LogP contribution is 2.31. The monoisotopic (exact) mass is 327 g/mol. The molecule has 0 aliphatic rings. The molecule has 0 aliphatic heterocycles. The summed E-state index contributed by atoms with van der Waals surface area (Å²) in [4.78, 5) is 12.9. The zero-order chi connectivity index (χ0) is 18.2. The third-order valence-electron chi connectivity index (χ3n) is 4.83. The van der Waals surface area contributed by atoms with E-state index < -0.39 is 0 Å². The minimum Gasteiger partial charge on any atom is -0.299 e. The van der Waals surface area contributed by atoms with Crippen LogP contribution in [0, 0.1) is 28.6 Å². The second-order valence-electron chi connectivity index (χ2n) is 8.04. The van der Waals surface area contributed by atoms with Gasteiger partial charge in [0.15, 0.2) is 0 Å². The van der Waals surface area contributed by atoms with E-state index in [1.165, 1.54) is 19.3 Å². The van der Waals surface area contributed by atoms with Crippen LogP contribution in [0.25, 0.3) is 0 Å². The molecular weight excluding hydrogens is 294 g/mol. The Labute approximate surface area is 148 Å². The molecular formula is C22H33NO. The van der Waals surface area contributed by atoms with Gasteiger partial charge in [-0.2, -0.15) is 5.26 Å². The third-order valence-corrected chi connectivity index (χ3v) is 4.83. The van der Waals surface area contributed by atoms with Crippen molar-refractivity contribution in [2.45, 2.75) is 73.1 Å². The van der Waals surface area contributed by atoms with E-state index >= 15 is 0 Å². The van der Waals surface area contributed by atoms with E-state index in [1.54, 1.807) is 0 Å². The first-order valence-corrected chi connectivity index (χ1v) is 9.33. The number of hydrogen-bond acceptors (Lipinski definition) is 2. The van der Waals surface area contributed by atoms with Crippen LogP contribution in [0.1, 0.15) is 77.8 Å². The van der Waals surface area contributed by atoms with Crippen LogP contribution in [0.5, 0.6) is 0 Å². The van der Waals surface area contributed by atoms with E-state index in [9.17, 15) is 4.79 Å². The van der Waals surface area contributed by atoms with E-state index in [4.69, 9.17) is 5.26 Å². The SMILES string of the molecule is CCCCCC(C)C(CCc1cccc(C#N)c1)C(=O)C(C)(C)C. The second-order valence-corrected chi connectivity index (χ2v) is 8.04. The van der Waals surface area contributed by atoms with Crippen molar-refractivity contribution in [1.82, 2.24) is 0 Å². The fourth-order valence-electron chi connectivity index (χ4n) is 3.27. The van der Waals surface area contributed by atoms with Gasteiger partial charge in [0.2, 0.25) is 0 Å². The first-order chi connectivity index (χ1) is 11.3. The summed E-state index contributed by atoms with van der Waals surface area (Å²) in [5, 5.41) is 9.04. The second kappa shape index (κ2) is 9.62. The maximum absolute atomic E-state index is 12.9. The molecule has 2 nitrogen and oxygen atoms in total. The molecule has 132 valence electrons. The summed E-state index contributed by atoms with van der Waals surface area (Å²) < 4.78 is 0. The molecule has 0 amide bonds. The largest absolute Gasteiger partial charge is 0.299 e. The van der Waals surface area contributed by atoms with Crippen LogP contribution >= 0.6 is 0 Å². The number of rotatable bonds is 9. The zero-order valence-corrected chi connectivity index (χ0v) is 16.1. The predicted octanol–water partition coefficient (Wildman–Crippen LogP) is 5.94. The smallest absolute Gasteiger partial charge is 0.141 e. The van der Waals surface area contributed by atoms with Crippen LogP contribution in [-0.2, 0) is 11.2 Å². The Morgan fingerprint density at radius 3 is 2.50 bits per heavy atom. The van der Waals surface area contributed by atoms with Gasteiger partial charge in [0.05, 0.1) is 11.6 Å². The van der Waals surface area contributed by atoms with Crippen LogP contribution in [-0.4, -0.2) is 5.78 Å². The van der Waals surface area contributed by atoms with Crippen molar-refractivity contribution in [2.24, 2.45) is 17.3 Å². The van der Waals surface area contributed by atoms with Crippen molar-refractivity contribution >= 4 is 5.78 Å². The molecule has 0 bridgehead atoms. The molecule has 0 radical (unpaired) electrons. The topological polar surface area (TPSA) is 40.9 Å². The van der Waals surface area contributed by atoms with Gasteiger partial charge < -0.3 is 0 Å². The van der Waals surface area contributed by atoms with Gasteiger partial charge in [-0.05, 0) is 36.5 Å². The fourth-order valence-corrected chi connectivity index (χ4v) is 3.27. The lowest BCUT2D eigenvalue weighted by Gasteiger charge is -2.29. The summed E-state index contributed by atoms with van der Waals surface area (Å²) in [7, 11) is 0. The highest BCUT2D eigenvalue weighted by molar-refractivity contribution is 5.86. The molecule has 0 saturated carbocycles. The lowest BCUT2D eigenvalue weighted by molar-refractivity contribution is -0.132. The maximum atomic E-state index is 12.9. The van der Waals surface area contributed by atoms with Gasteiger partial charge in [0, 0.05) is 11.3 Å². The first-order valence-electron chi connectivity index (χ1n) is 9.33. The molecule has 1 aromatic carbocycles. The third kappa shape index (κ3) is 6.48. The van der Waals surface area contributed by atoms with E-state index in [1.807, 2.05) is 39.0 Å². The summed E-state index contributed by atoms with van der Waals surface area (Å²) in [6, 6.07) is 9.95. The summed E-state index contributed by atoms with van der Waals surface area (Å²) in [6.45, 7) is 10.5. The van der Waals surface area contributed by atoms with Crippen molar-refractivity contribution in [2.75, 3.05) is 0 Å². The van der Waals surface area contributed by atoms with Gasteiger partial charge in [-0.25, -0.2) is 0 Å². The number of ketones is 1. The molecule has 1 rings (SSSR count).